The second-order valence-electron chi connectivity index (χ2n) is 5.43. The number of pyridine rings is 1. The molecule has 1 fully saturated rings. The van der Waals surface area contributed by atoms with E-state index in [1.807, 2.05) is 19.9 Å². The van der Waals surface area contributed by atoms with Crippen LogP contribution in [0.3, 0.4) is 0 Å². The normalized spacial score (nSPS) is 17.6. The Balaban J connectivity index is 1.99. The fourth-order valence-electron chi connectivity index (χ4n) is 2.45. The summed E-state index contributed by atoms with van der Waals surface area (Å²) in [6, 6.07) is 5.76. The molecular formula is C14H19N3O. The predicted octanol–water partition coefficient (Wildman–Crippen LogP) is 1.94. The van der Waals surface area contributed by atoms with Gasteiger partial charge in [-0.15, -0.1) is 0 Å². The topological polar surface area (TPSA) is 60.1 Å². The Morgan fingerprint density at radius 3 is 2.50 bits per heavy atom. The zero-order chi connectivity index (χ0) is 13.2. The molecule has 0 radical (unpaired) electrons. The first-order chi connectivity index (χ1) is 8.50. The summed E-state index contributed by atoms with van der Waals surface area (Å²) in [5.74, 6) is 1.27. The molecule has 1 aromatic rings. The third-order valence-electron chi connectivity index (χ3n) is 3.69. The first kappa shape index (κ1) is 12.8. The van der Waals surface area contributed by atoms with Crippen molar-refractivity contribution < 1.29 is 5.11 Å². The van der Waals surface area contributed by atoms with Gasteiger partial charge in [0.05, 0.1) is 11.2 Å². The summed E-state index contributed by atoms with van der Waals surface area (Å²) in [5, 5.41) is 18.7. The molecule has 1 N–H and O–H groups in total. The van der Waals surface area contributed by atoms with E-state index in [-0.39, 0.29) is 0 Å². The molecule has 0 bridgehead atoms. The molecule has 1 aliphatic heterocycles. The Morgan fingerprint density at radius 1 is 1.39 bits per heavy atom. The molecule has 4 nitrogen and oxygen atoms in total. The minimum atomic E-state index is -0.593. The summed E-state index contributed by atoms with van der Waals surface area (Å²) < 4.78 is 0. The maximum atomic E-state index is 10.00. The Hall–Kier alpha value is -1.60. The number of nitriles is 1. The summed E-state index contributed by atoms with van der Waals surface area (Å²) in [5.41, 5.74) is -0.00499. The maximum Gasteiger partial charge on any atom is 0.128 e. The molecule has 0 saturated carbocycles. The molecule has 0 aliphatic carbocycles. The van der Waals surface area contributed by atoms with Crippen LogP contribution in [0.25, 0.3) is 0 Å². The lowest BCUT2D eigenvalue weighted by Gasteiger charge is -2.38. The van der Waals surface area contributed by atoms with Gasteiger partial charge in [-0.2, -0.15) is 5.26 Å². The van der Waals surface area contributed by atoms with Crippen molar-refractivity contribution in [2.75, 3.05) is 18.0 Å². The Bertz CT molecular complexity index is 434. The van der Waals surface area contributed by atoms with Gasteiger partial charge in [-0.05, 0) is 44.7 Å². The zero-order valence-corrected chi connectivity index (χ0v) is 10.9. The summed E-state index contributed by atoms with van der Waals surface area (Å²) in [4.78, 5) is 6.51. The van der Waals surface area contributed by atoms with Crippen LogP contribution in [0.4, 0.5) is 5.82 Å². The number of anilines is 1. The van der Waals surface area contributed by atoms with Crippen molar-refractivity contribution in [3.63, 3.8) is 0 Å². The van der Waals surface area contributed by atoms with Gasteiger partial charge in [-0.1, -0.05) is 0 Å². The van der Waals surface area contributed by atoms with Crippen LogP contribution in [-0.4, -0.2) is 28.8 Å². The van der Waals surface area contributed by atoms with E-state index in [2.05, 4.69) is 16.0 Å². The van der Waals surface area contributed by atoms with E-state index in [1.165, 1.54) is 0 Å². The van der Waals surface area contributed by atoms with Crippen LogP contribution in [0.1, 0.15) is 32.3 Å². The maximum absolute atomic E-state index is 10.00. The third kappa shape index (κ3) is 2.80. The van der Waals surface area contributed by atoms with Crippen LogP contribution in [0.2, 0.25) is 0 Å². The molecule has 0 unspecified atom stereocenters. The molecule has 0 amide bonds. The second-order valence-corrected chi connectivity index (χ2v) is 5.43. The molecule has 0 atom stereocenters. The Kier molecular flexibility index (Phi) is 3.53. The van der Waals surface area contributed by atoms with Crippen molar-refractivity contribution in [2.24, 2.45) is 5.92 Å². The highest BCUT2D eigenvalue weighted by atomic mass is 16.3. The Morgan fingerprint density at radius 2 is 2.06 bits per heavy atom. The molecule has 96 valence electrons. The molecular weight excluding hydrogens is 226 g/mol. The SMILES string of the molecule is CC(C)(O)C1CCN(c2ccc(C#N)cn2)CC1. The molecule has 2 rings (SSSR count). The van der Waals surface area contributed by atoms with Gasteiger partial charge in [-0.25, -0.2) is 4.98 Å². The van der Waals surface area contributed by atoms with Gasteiger partial charge in [-0.3, -0.25) is 0 Å². The first-order valence-corrected chi connectivity index (χ1v) is 6.34. The molecule has 1 aromatic heterocycles. The van der Waals surface area contributed by atoms with Crippen LogP contribution in [0.15, 0.2) is 18.3 Å². The number of aromatic nitrogens is 1. The zero-order valence-electron chi connectivity index (χ0n) is 10.9. The van der Waals surface area contributed by atoms with Gasteiger partial charge in [0.2, 0.25) is 0 Å². The first-order valence-electron chi connectivity index (χ1n) is 6.34. The number of hydrogen-bond acceptors (Lipinski definition) is 4. The molecule has 0 aromatic carbocycles. The summed E-state index contributed by atoms with van der Waals surface area (Å²) in [7, 11) is 0. The van der Waals surface area contributed by atoms with Gasteiger partial charge in [0.1, 0.15) is 11.9 Å². The molecule has 2 heterocycles. The summed E-state index contributed by atoms with van der Waals surface area (Å²) in [6.07, 6.45) is 3.56. The minimum Gasteiger partial charge on any atom is -0.390 e. The van der Waals surface area contributed by atoms with Crippen LogP contribution >= 0.6 is 0 Å². The average Bonchev–Trinajstić information content (AvgIpc) is 2.38. The van der Waals surface area contributed by atoms with Gasteiger partial charge < -0.3 is 10.0 Å². The number of hydrogen-bond donors (Lipinski definition) is 1. The monoisotopic (exact) mass is 245 g/mol. The number of aliphatic hydroxyl groups is 1. The van der Waals surface area contributed by atoms with Crippen LogP contribution in [-0.2, 0) is 0 Å². The van der Waals surface area contributed by atoms with Crippen LogP contribution in [0, 0.1) is 17.2 Å². The molecule has 18 heavy (non-hydrogen) atoms. The highest BCUT2D eigenvalue weighted by molar-refractivity contribution is 5.42. The van der Waals surface area contributed by atoms with Crippen molar-refractivity contribution in [1.29, 1.82) is 5.26 Å². The number of rotatable bonds is 2. The lowest BCUT2D eigenvalue weighted by molar-refractivity contribution is 0.00646. The van der Waals surface area contributed by atoms with Gasteiger partial charge in [0.15, 0.2) is 0 Å². The van der Waals surface area contributed by atoms with Crippen molar-refractivity contribution in [3.8, 4) is 6.07 Å². The smallest absolute Gasteiger partial charge is 0.128 e. The largest absolute Gasteiger partial charge is 0.390 e. The van der Waals surface area contributed by atoms with E-state index >= 15 is 0 Å². The van der Waals surface area contributed by atoms with Crippen LogP contribution < -0.4 is 4.90 Å². The highest BCUT2D eigenvalue weighted by Crippen LogP contribution is 2.29. The van der Waals surface area contributed by atoms with E-state index < -0.39 is 5.60 Å². The van der Waals surface area contributed by atoms with Crippen molar-refractivity contribution >= 4 is 5.82 Å². The predicted molar refractivity (Wildman–Crippen MR) is 70.2 cm³/mol. The molecule has 1 saturated heterocycles. The van der Waals surface area contributed by atoms with E-state index in [1.54, 1.807) is 12.3 Å². The van der Waals surface area contributed by atoms with E-state index in [4.69, 9.17) is 5.26 Å². The Labute approximate surface area is 108 Å². The van der Waals surface area contributed by atoms with Crippen LogP contribution in [0.5, 0.6) is 0 Å². The summed E-state index contributed by atoms with van der Waals surface area (Å²) in [6.45, 7) is 5.59. The standard InChI is InChI=1S/C14H19N3O/c1-14(2,18)12-5-7-17(8-6-12)13-4-3-11(9-15)10-16-13/h3-4,10,12,18H,5-8H2,1-2H3. The number of nitrogens with zero attached hydrogens (tertiary/aromatic N) is 3. The third-order valence-corrected chi connectivity index (χ3v) is 3.69. The lowest BCUT2D eigenvalue weighted by atomic mass is 9.83. The quantitative estimate of drug-likeness (QED) is 0.865. The van der Waals surface area contributed by atoms with Gasteiger partial charge in [0, 0.05) is 19.3 Å². The highest BCUT2D eigenvalue weighted by Gasteiger charge is 2.30. The molecule has 1 aliphatic rings. The van der Waals surface area contributed by atoms with Crippen molar-refractivity contribution in [1.82, 2.24) is 4.98 Å². The van der Waals surface area contributed by atoms with E-state index in [0.717, 1.165) is 31.7 Å². The van der Waals surface area contributed by atoms with Crippen molar-refractivity contribution in [2.45, 2.75) is 32.3 Å². The molecule has 4 heteroatoms. The second kappa shape index (κ2) is 4.95. The lowest BCUT2D eigenvalue weighted by Crippen LogP contribution is -2.42. The van der Waals surface area contributed by atoms with Gasteiger partial charge in [0.25, 0.3) is 0 Å². The summed E-state index contributed by atoms with van der Waals surface area (Å²) >= 11 is 0. The van der Waals surface area contributed by atoms with Gasteiger partial charge >= 0.3 is 0 Å². The fraction of sp³-hybridized carbons (Fsp3) is 0.571. The van der Waals surface area contributed by atoms with Crippen molar-refractivity contribution in [3.05, 3.63) is 23.9 Å². The minimum absolute atomic E-state index is 0.354. The molecule has 0 spiro atoms. The average molecular weight is 245 g/mol. The number of piperidine rings is 1. The van der Waals surface area contributed by atoms with E-state index in [9.17, 15) is 5.11 Å². The van der Waals surface area contributed by atoms with E-state index in [0.29, 0.717) is 11.5 Å². The fourth-order valence-corrected chi connectivity index (χ4v) is 2.45.